The summed E-state index contributed by atoms with van der Waals surface area (Å²) in [5, 5.41) is 16.5. The molecule has 340 valence electrons. The van der Waals surface area contributed by atoms with Crippen molar-refractivity contribution >= 4 is 55.6 Å². The molecule has 2 aromatic carbocycles. The number of amides is 5. The lowest BCUT2D eigenvalue weighted by Gasteiger charge is -2.32. The van der Waals surface area contributed by atoms with Crippen molar-refractivity contribution in [3.05, 3.63) is 81.9 Å². The average Bonchev–Trinajstić information content (AvgIpc) is 4.15. The van der Waals surface area contributed by atoms with Crippen molar-refractivity contribution in [1.82, 2.24) is 29.5 Å². The van der Waals surface area contributed by atoms with Crippen LogP contribution in [0.2, 0.25) is 0 Å². The molecule has 3 heterocycles. The monoisotopic (exact) mass is 913 g/mol. The van der Waals surface area contributed by atoms with Crippen LogP contribution in [0, 0.1) is 16.0 Å². The van der Waals surface area contributed by atoms with Gasteiger partial charge < -0.3 is 29.9 Å². The van der Waals surface area contributed by atoms with Gasteiger partial charge in [-0.15, -0.1) is 0 Å². The summed E-state index contributed by atoms with van der Waals surface area (Å²) in [6.07, 6.45) is 1.61. The molecule has 3 fully saturated rings. The molecule has 0 unspecified atom stereocenters. The first-order chi connectivity index (χ1) is 29.7. The van der Waals surface area contributed by atoms with Crippen LogP contribution in [-0.4, -0.2) is 127 Å². The Morgan fingerprint density at radius 3 is 2.37 bits per heavy atom. The highest BCUT2D eigenvalue weighted by molar-refractivity contribution is 7.91. The molecule has 1 saturated heterocycles. The number of rotatable bonds is 8. The highest BCUT2D eigenvalue weighted by atomic mass is 32.2. The predicted octanol–water partition coefficient (Wildman–Crippen LogP) is 2.48. The van der Waals surface area contributed by atoms with Crippen LogP contribution in [0.15, 0.2) is 65.6 Å². The van der Waals surface area contributed by atoms with Crippen molar-refractivity contribution in [2.24, 2.45) is 5.92 Å². The maximum absolute atomic E-state index is 15.0. The summed E-state index contributed by atoms with van der Waals surface area (Å²) in [6.45, 7) is 3.79. The second-order valence-electron chi connectivity index (χ2n) is 17.5. The summed E-state index contributed by atoms with van der Waals surface area (Å²) >= 11 is 0. The minimum atomic E-state index is -4.77. The van der Waals surface area contributed by atoms with Gasteiger partial charge in [-0.05, 0) is 76.5 Å². The molecular weight excluding hydrogens is 863 g/mol. The molecule has 2 saturated carbocycles. The number of para-hydroxylation sites is 1. The van der Waals surface area contributed by atoms with Crippen LogP contribution in [0.4, 0.5) is 15.3 Å². The number of alkyl carbamates (subject to hydrolysis) is 1. The first kappa shape index (κ1) is 45.4. The number of hydrogen-bond acceptors (Lipinski definition) is 13. The van der Waals surface area contributed by atoms with Crippen LogP contribution in [0.5, 0.6) is 0 Å². The molecule has 22 heteroatoms. The maximum atomic E-state index is 15.0. The van der Waals surface area contributed by atoms with Crippen molar-refractivity contribution in [1.29, 1.82) is 0 Å². The van der Waals surface area contributed by atoms with Gasteiger partial charge in [0.1, 0.15) is 29.3 Å². The van der Waals surface area contributed by atoms with Crippen LogP contribution in [0.25, 0.3) is 0 Å². The standard InChI is InChI=1S/C41H51N7O13S2/c1-40(2,3)61-38(52)42-31-25-46(63(58,59)34-15-9-8-14-32(34)48(54)55)19-10-4-5-13-28-22-41(28,37(51)44-62(56,57)30-16-17-30)43-35(49)33-21-29(24-47(33)36(31)50)60-39(53)45-20-18-26-11-6-7-12-27(26)23-45/h5-9,11-15,28-31,33H,4,10,16-25H2,1-3H3,(H,42,52)(H,43,49)(H,44,51)/t28-,29-,31+,33+,41-/m1/s1. The van der Waals surface area contributed by atoms with Crippen molar-refractivity contribution in [3.8, 4) is 0 Å². The second kappa shape index (κ2) is 17.5. The molecule has 0 radical (unpaired) electrons. The SMILES string of the molecule is CC(C)(C)OC(=O)N[C@H]1CN(S(=O)(=O)c2ccccc2[N+](=O)[O-])CCCC=C[C@@H]2C[C@@]2(C(=O)NS(=O)(=O)C2CC2)NC(=O)[C@@H]2C[C@@H](OC(=O)N3CCc4ccccc4C3)CN2C1=O. The lowest BCUT2D eigenvalue weighted by molar-refractivity contribution is -0.387. The van der Waals surface area contributed by atoms with Crippen molar-refractivity contribution in [2.45, 2.75) is 112 Å². The van der Waals surface area contributed by atoms with E-state index in [0.717, 1.165) is 32.5 Å². The summed E-state index contributed by atoms with van der Waals surface area (Å²) in [7, 11) is -8.82. The molecule has 63 heavy (non-hydrogen) atoms. The third-order valence-corrected chi connectivity index (χ3v) is 15.4. The number of nitro benzene ring substituents is 1. The average molecular weight is 914 g/mol. The smallest absolute Gasteiger partial charge is 0.410 e. The van der Waals surface area contributed by atoms with Gasteiger partial charge in [0.25, 0.3) is 11.6 Å². The number of carbonyl (C=O) groups is 5. The zero-order valence-electron chi connectivity index (χ0n) is 35.1. The Balaban J connectivity index is 1.25. The number of nitrogens with one attached hydrogen (secondary N) is 3. The van der Waals surface area contributed by atoms with E-state index in [1.54, 1.807) is 32.9 Å². The fourth-order valence-electron chi connectivity index (χ4n) is 8.17. The number of nitro groups is 1. The first-order valence-electron chi connectivity index (χ1n) is 20.8. The number of sulfonamides is 2. The number of ether oxygens (including phenoxy) is 2. The topological polar surface area (TPSA) is 261 Å². The van der Waals surface area contributed by atoms with Crippen LogP contribution in [0.3, 0.4) is 0 Å². The van der Waals surface area contributed by atoms with Crippen molar-refractivity contribution in [3.63, 3.8) is 0 Å². The fourth-order valence-corrected chi connectivity index (χ4v) is 11.2. The lowest BCUT2D eigenvalue weighted by Crippen LogP contribution is -2.60. The van der Waals surface area contributed by atoms with E-state index in [2.05, 4.69) is 15.4 Å². The molecule has 0 spiro atoms. The molecule has 3 N–H and O–H groups in total. The van der Waals surface area contributed by atoms with Crippen molar-refractivity contribution in [2.75, 3.05) is 26.2 Å². The third kappa shape index (κ3) is 10.1. The Hall–Kier alpha value is -5.61. The predicted molar refractivity (Wildman–Crippen MR) is 223 cm³/mol. The minimum Gasteiger partial charge on any atom is -0.444 e. The van der Waals surface area contributed by atoms with Gasteiger partial charge in [0.2, 0.25) is 31.9 Å². The summed E-state index contributed by atoms with van der Waals surface area (Å²) < 4.78 is 69.0. The molecule has 20 nitrogen and oxygen atoms in total. The number of nitrogens with zero attached hydrogens (tertiary/aromatic N) is 4. The molecule has 5 amide bonds. The zero-order valence-corrected chi connectivity index (χ0v) is 36.7. The van der Waals surface area contributed by atoms with E-state index in [-0.39, 0.29) is 38.8 Å². The Morgan fingerprint density at radius 2 is 1.67 bits per heavy atom. The lowest BCUT2D eigenvalue weighted by atomic mass is 10.0. The van der Waals surface area contributed by atoms with Gasteiger partial charge in [0.15, 0.2) is 4.90 Å². The quantitative estimate of drug-likeness (QED) is 0.196. The van der Waals surface area contributed by atoms with Gasteiger partial charge in [0.05, 0.1) is 16.7 Å². The second-order valence-corrected chi connectivity index (χ2v) is 21.4. The molecule has 2 aromatic rings. The number of carbonyl (C=O) groups excluding carboxylic acids is 5. The van der Waals surface area contributed by atoms with E-state index in [1.807, 2.05) is 24.3 Å². The van der Waals surface area contributed by atoms with Gasteiger partial charge in [-0.1, -0.05) is 48.6 Å². The highest BCUT2D eigenvalue weighted by Crippen LogP contribution is 2.46. The number of fused-ring (bicyclic) bond motifs is 3. The van der Waals surface area contributed by atoms with E-state index in [1.165, 1.54) is 17.0 Å². The van der Waals surface area contributed by atoms with Gasteiger partial charge in [-0.2, -0.15) is 4.31 Å². The molecule has 5 atom stereocenters. The Bertz CT molecular complexity index is 2440. The van der Waals surface area contributed by atoms with Gasteiger partial charge in [0, 0.05) is 44.6 Å². The molecule has 5 aliphatic rings. The summed E-state index contributed by atoms with van der Waals surface area (Å²) in [4.78, 5) is 83.5. The van der Waals surface area contributed by atoms with Gasteiger partial charge >= 0.3 is 12.2 Å². The van der Waals surface area contributed by atoms with Gasteiger partial charge in [-0.25, -0.2) is 26.4 Å². The van der Waals surface area contributed by atoms with E-state index in [9.17, 15) is 50.9 Å². The minimum absolute atomic E-state index is 0.00220. The molecule has 3 aliphatic heterocycles. The molecule has 2 aliphatic carbocycles. The normalized spacial score (nSPS) is 25.8. The molecule has 0 bridgehead atoms. The Kier molecular flexibility index (Phi) is 12.6. The first-order valence-corrected chi connectivity index (χ1v) is 23.8. The maximum Gasteiger partial charge on any atom is 0.410 e. The van der Waals surface area contributed by atoms with E-state index < -0.39 is 119 Å². The molecule has 0 aromatic heterocycles. The number of benzene rings is 2. The summed E-state index contributed by atoms with van der Waals surface area (Å²) in [6, 6.07) is 9.04. The van der Waals surface area contributed by atoms with Crippen molar-refractivity contribution < 1.29 is 55.2 Å². The Morgan fingerprint density at radius 1 is 0.968 bits per heavy atom. The van der Waals surface area contributed by atoms with Gasteiger partial charge in [-0.3, -0.25) is 29.2 Å². The molecule has 7 rings (SSSR count). The van der Waals surface area contributed by atoms with E-state index in [4.69, 9.17) is 9.47 Å². The largest absolute Gasteiger partial charge is 0.444 e. The van der Waals surface area contributed by atoms with Crippen LogP contribution >= 0.6 is 0 Å². The summed E-state index contributed by atoms with van der Waals surface area (Å²) in [5.41, 5.74) is -1.54. The third-order valence-electron chi connectivity index (χ3n) is 11.7. The number of hydrogen-bond donors (Lipinski definition) is 3. The summed E-state index contributed by atoms with van der Waals surface area (Å²) in [5.74, 6) is -3.55. The van der Waals surface area contributed by atoms with Crippen LogP contribution in [-0.2, 0) is 56.9 Å². The number of allylic oxidation sites excluding steroid dienone is 1. The van der Waals surface area contributed by atoms with Crippen LogP contribution < -0.4 is 15.4 Å². The Labute approximate surface area is 364 Å². The highest BCUT2D eigenvalue weighted by Gasteiger charge is 2.62. The molecular formula is C41H51N7O13S2. The fraction of sp³-hybridized carbons (Fsp3) is 0.537. The zero-order chi connectivity index (χ0) is 45.5. The van der Waals surface area contributed by atoms with E-state index >= 15 is 0 Å². The van der Waals surface area contributed by atoms with E-state index in [0.29, 0.717) is 25.8 Å². The van der Waals surface area contributed by atoms with Crippen LogP contribution in [0.1, 0.15) is 70.4 Å².